The van der Waals surface area contributed by atoms with Crippen LogP contribution in [0.5, 0.6) is 11.5 Å². The number of imidazole rings is 1. The fourth-order valence-corrected chi connectivity index (χ4v) is 3.94. The molecule has 0 radical (unpaired) electrons. The molecule has 8 heteroatoms. The Hall–Kier alpha value is -3.34. The number of hydrogen-bond donors (Lipinski definition) is 1. The highest BCUT2D eigenvalue weighted by molar-refractivity contribution is 7.15. The van der Waals surface area contributed by atoms with Crippen molar-refractivity contribution in [3.05, 3.63) is 79.5 Å². The van der Waals surface area contributed by atoms with Crippen molar-refractivity contribution in [1.29, 1.82) is 0 Å². The van der Waals surface area contributed by atoms with Gasteiger partial charge in [0.15, 0.2) is 22.1 Å². The second kappa shape index (κ2) is 7.00. The molecule has 1 N–H and O–H groups in total. The third-order valence-corrected chi connectivity index (χ3v) is 5.44. The molecule has 138 valence electrons. The number of halogens is 1. The molecule has 2 heterocycles. The number of fused-ring (bicyclic) bond motifs is 1. The van der Waals surface area contributed by atoms with Crippen LogP contribution in [-0.4, -0.2) is 21.6 Å². The molecule has 0 aliphatic carbocycles. The summed E-state index contributed by atoms with van der Waals surface area (Å²) in [5, 5.41) is 9.98. The molecule has 0 fully saturated rings. The Bertz CT molecular complexity index is 1350. The third-order valence-electron chi connectivity index (χ3n) is 4.17. The van der Waals surface area contributed by atoms with Crippen LogP contribution in [0.2, 0.25) is 5.02 Å². The van der Waals surface area contributed by atoms with E-state index in [0.717, 1.165) is 5.56 Å². The largest absolute Gasteiger partial charge is 0.503 e. The van der Waals surface area contributed by atoms with E-state index in [-0.39, 0.29) is 22.1 Å². The molecular weight excluding hydrogens is 398 g/mol. The molecule has 0 unspecified atom stereocenters. The summed E-state index contributed by atoms with van der Waals surface area (Å²) in [6.45, 7) is 7.01. The van der Waals surface area contributed by atoms with E-state index in [9.17, 15) is 9.90 Å². The van der Waals surface area contributed by atoms with Crippen LogP contribution in [0.1, 0.15) is 5.56 Å². The number of aromatic hydroxyl groups is 1. The van der Waals surface area contributed by atoms with Gasteiger partial charge in [-0.2, -0.15) is 0 Å². The van der Waals surface area contributed by atoms with Crippen LogP contribution in [0.15, 0.2) is 47.4 Å². The molecule has 0 amide bonds. The summed E-state index contributed by atoms with van der Waals surface area (Å²) < 4.78 is 7.08. The Kier molecular flexibility index (Phi) is 4.51. The Morgan fingerprint density at radius 2 is 2.07 bits per heavy atom. The Morgan fingerprint density at radius 1 is 1.32 bits per heavy atom. The first-order valence-electron chi connectivity index (χ1n) is 8.08. The van der Waals surface area contributed by atoms with E-state index in [1.165, 1.54) is 22.8 Å². The number of phenols is 1. The zero-order valence-corrected chi connectivity index (χ0v) is 16.1. The lowest BCUT2D eigenvalue weighted by molar-refractivity contribution is 0.373. The first-order chi connectivity index (χ1) is 13.5. The van der Waals surface area contributed by atoms with Gasteiger partial charge in [0.1, 0.15) is 0 Å². The molecule has 0 aliphatic heterocycles. The lowest BCUT2D eigenvalue weighted by Crippen LogP contribution is -2.22. The maximum Gasteiger partial charge on any atom is 0.274 e. The van der Waals surface area contributed by atoms with E-state index < -0.39 is 0 Å². The molecule has 0 spiro atoms. The molecule has 28 heavy (non-hydrogen) atoms. The number of hydrogen-bond acceptors (Lipinski definition) is 5. The Balaban J connectivity index is 1.78. The van der Waals surface area contributed by atoms with Gasteiger partial charge in [0.25, 0.3) is 5.56 Å². The average Bonchev–Trinajstić information content (AvgIpc) is 3.24. The van der Waals surface area contributed by atoms with Crippen molar-refractivity contribution >= 4 is 39.7 Å². The van der Waals surface area contributed by atoms with Gasteiger partial charge in [0.05, 0.1) is 28.9 Å². The summed E-state index contributed by atoms with van der Waals surface area (Å²) in [6, 6.07) is 10.2. The van der Waals surface area contributed by atoms with E-state index in [2.05, 4.69) is 9.83 Å². The maximum atomic E-state index is 12.7. The first kappa shape index (κ1) is 18.0. The number of ether oxygens (including phenoxy) is 1. The fraction of sp³-hybridized carbons (Fsp3) is 0.0500. The molecule has 2 aromatic heterocycles. The topological polar surface area (TPSA) is 68.2 Å². The monoisotopic (exact) mass is 409 g/mol. The van der Waals surface area contributed by atoms with Crippen molar-refractivity contribution in [2.45, 2.75) is 0 Å². The first-order valence-corrected chi connectivity index (χ1v) is 9.27. The van der Waals surface area contributed by atoms with Gasteiger partial charge in [-0.1, -0.05) is 47.2 Å². The summed E-state index contributed by atoms with van der Waals surface area (Å²) in [5.74, 6) is 0.0937. The molecule has 0 atom stereocenters. The van der Waals surface area contributed by atoms with Crippen LogP contribution >= 0.6 is 22.9 Å². The smallest absolute Gasteiger partial charge is 0.274 e. The number of nitrogens with zero attached hydrogens (tertiary/aromatic N) is 3. The summed E-state index contributed by atoms with van der Waals surface area (Å²) >= 11 is 7.27. The number of phenolic OH excluding ortho intramolecular Hbond substituents is 1. The average molecular weight is 410 g/mol. The Labute approximate surface area is 168 Å². The molecule has 0 aliphatic rings. The summed E-state index contributed by atoms with van der Waals surface area (Å²) in [5.41, 5.74) is 2.49. The summed E-state index contributed by atoms with van der Waals surface area (Å²) in [6.07, 6.45) is 3.36. The summed E-state index contributed by atoms with van der Waals surface area (Å²) in [4.78, 5) is 21.2. The van der Waals surface area contributed by atoms with Crippen LogP contribution < -0.4 is 14.8 Å². The highest BCUT2D eigenvalue weighted by Crippen LogP contribution is 2.35. The minimum absolute atomic E-state index is 0.140. The van der Waals surface area contributed by atoms with Gasteiger partial charge in [-0.15, -0.1) is 0 Å². The van der Waals surface area contributed by atoms with E-state index in [1.807, 2.05) is 12.1 Å². The van der Waals surface area contributed by atoms with Crippen LogP contribution in [0.3, 0.4) is 0 Å². The van der Waals surface area contributed by atoms with Gasteiger partial charge < -0.3 is 9.84 Å². The van der Waals surface area contributed by atoms with Gasteiger partial charge in [-0.3, -0.25) is 9.20 Å². The normalized spacial score (nSPS) is 11.7. The predicted octanol–water partition coefficient (Wildman–Crippen LogP) is 3.89. The molecule has 0 saturated heterocycles. The van der Waals surface area contributed by atoms with Crippen molar-refractivity contribution in [3.63, 3.8) is 0 Å². The molecular formula is C20H12ClN3O3S. The van der Waals surface area contributed by atoms with Crippen LogP contribution in [-0.2, 0) is 0 Å². The molecule has 4 aromatic rings. The van der Waals surface area contributed by atoms with Crippen molar-refractivity contribution in [1.82, 2.24) is 9.38 Å². The second-order valence-electron chi connectivity index (χ2n) is 5.91. The zero-order chi connectivity index (χ0) is 19.8. The SMILES string of the molecule is [C-]#[N+]c1ccc(-c2cn3c(=O)/c(=C/c4cc(Cl)c(O)c(OC)c4)sc3n2)cc1. The molecule has 4 rings (SSSR count). The molecule has 6 nitrogen and oxygen atoms in total. The second-order valence-corrected chi connectivity index (χ2v) is 7.32. The number of thiazole rings is 1. The van der Waals surface area contributed by atoms with Crippen molar-refractivity contribution < 1.29 is 9.84 Å². The number of benzene rings is 2. The van der Waals surface area contributed by atoms with Crippen molar-refractivity contribution in [3.8, 4) is 22.8 Å². The third kappa shape index (κ3) is 3.09. The standard InChI is InChI=1S/C20H12ClN3O3S/c1-22-13-5-3-12(4-6-13)15-10-24-19(26)17(28-20(24)23-15)9-11-7-14(21)18(25)16(8-11)27-2/h3-10,25H,2H3/b17-9-. The number of methoxy groups -OCH3 is 1. The predicted molar refractivity (Wildman–Crippen MR) is 109 cm³/mol. The van der Waals surface area contributed by atoms with Crippen molar-refractivity contribution in [2.24, 2.45) is 0 Å². The highest BCUT2D eigenvalue weighted by atomic mass is 35.5. The number of rotatable bonds is 3. The van der Waals surface area contributed by atoms with E-state index in [1.54, 1.807) is 36.5 Å². The van der Waals surface area contributed by atoms with Gasteiger partial charge >= 0.3 is 0 Å². The van der Waals surface area contributed by atoms with Gasteiger partial charge in [0.2, 0.25) is 0 Å². The maximum absolute atomic E-state index is 12.7. The lowest BCUT2D eigenvalue weighted by atomic mass is 10.1. The Morgan fingerprint density at radius 3 is 2.71 bits per heavy atom. The van der Waals surface area contributed by atoms with Gasteiger partial charge in [0, 0.05) is 6.20 Å². The minimum Gasteiger partial charge on any atom is -0.503 e. The molecule has 0 saturated carbocycles. The molecule has 2 aromatic carbocycles. The van der Waals surface area contributed by atoms with Crippen molar-refractivity contribution in [2.75, 3.05) is 7.11 Å². The highest BCUT2D eigenvalue weighted by Gasteiger charge is 2.12. The van der Waals surface area contributed by atoms with Crippen LogP contribution in [0.25, 0.3) is 27.1 Å². The van der Waals surface area contributed by atoms with Gasteiger partial charge in [-0.05, 0) is 29.3 Å². The quantitative estimate of drug-likeness (QED) is 0.521. The summed E-state index contributed by atoms with van der Waals surface area (Å²) in [7, 11) is 1.43. The minimum atomic E-state index is -0.195. The van der Waals surface area contributed by atoms with E-state index >= 15 is 0 Å². The van der Waals surface area contributed by atoms with Crippen LogP contribution in [0.4, 0.5) is 5.69 Å². The van der Waals surface area contributed by atoms with E-state index in [0.29, 0.717) is 26.4 Å². The lowest BCUT2D eigenvalue weighted by Gasteiger charge is -2.05. The van der Waals surface area contributed by atoms with Gasteiger partial charge in [-0.25, -0.2) is 9.83 Å². The zero-order valence-electron chi connectivity index (χ0n) is 14.5. The van der Waals surface area contributed by atoms with Crippen LogP contribution in [0, 0.1) is 6.57 Å². The fourth-order valence-electron chi connectivity index (χ4n) is 2.76. The molecule has 0 bridgehead atoms. The van der Waals surface area contributed by atoms with E-state index in [4.69, 9.17) is 22.9 Å². The number of aromatic nitrogens is 2.